The molecule has 178 valence electrons. The van der Waals surface area contributed by atoms with E-state index in [0.717, 1.165) is 0 Å². The van der Waals surface area contributed by atoms with Gasteiger partial charge in [-0.15, -0.1) is 11.3 Å². The number of anilines is 2. The first-order valence-corrected chi connectivity index (χ1v) is 13.8. The number of benzene rings is 3. The largest absolute Gasteiger partial charge is 0.339 e. The van der Waals surface area contributed by atoms with E-state index in [2.05, 4.69) is 118 Å². The molecule has 0 aliphatic rings. The summed E-state index contributed by atoms with van der Waals surface area (Å²) in [6, 6.07) is 27.9. The van der Waals surface area contributed by atoms with Gasteiger partial charge in [-0.05, 0) is 89.0 Å². The second kappa shape index (κ2) is 10.8. The smallest absolute Gasteiger partial charge is 0.0420 e. The highest BCUT2D eigenvalue weighted by Crippen LogP contribution is 2.35. The van der Waals surface area contributed by atoms with Gasteiger partial charge in [-0.25, -0.2) is 0 Å². The Morgan fingerprint density at radius 3 is 2.09 bits per heavy atom. The second-order valence-electron chi connectivity index (χ2n) is 10.3. The summed E-state index contributed by atoms with van der Waals surface area (Å²) in [6.45, 7) is 11.6. The molecule has 4 rings (SSSR count). The molecule has 4 aromatic rings. The number of thiophene rings is 1. The van der Waals surface area contributed by atoms with Gasteiger partial charge in [0.15, 0.2) is 0 Å². The predicted octanol–water partition coefficient (Wildman–Crippen LogP) is 10.4. The molecular weight excluding hydrogens is 430 g/mol. The van der Waals surface area contributed by atoms with Gasteiger partial charge < -0.3 is 4.90 Å². The molecule has 0 fully saturated rings. The molecule has 1 aromatic heterocycles. The van der Waals surface area contributed by atoms with Crippen molar-refractivity contribution in [3.05, 3.63) is 83.7 Å². The lowest BCUT2D eigenvalue weighted by atomic mass is 9.80. The zero-order valence-electron chi connectivity index (χ0n) is 21.5. The van der Waals surface area contributed by atoms with E-state index in [-0.39, 0.29) is 5.41 Å². The third-order valence-corrected chi connectivity index (χ3v) is 8.06. The Bertz CT molecular complexity index is 1180. The van der Waals surface area contributed by atoms with Crippen LogP contribution < -0.4 is 4.90 Å². The number of nitrogens with zero attached hydrogens (tertiary/aromatic N) is 1. The average Bonchev–Trinajstić information content (AvgIpc) is 3.32. The van der Waals surface area contributed by atoms with Gasteiger partial charge in [0.25, 0.3) is 0 Å². The molecule has 0 radical (unpaired) electrons. The first-order valence-electron chi connectivity index (χ1n) is 12.9. The van der Waals surface area contributed by atoms with E-state index in [1.165, 1.54) is 70.3 Å². The quantitative estimate of drug-likeness (QED) is 0.223. The Morgan fingerprint density at radius 1 is 0.794 bits per heavy atom. The summed E-state index contributed by atoms with van der Waals surface area (Å²) < 4.78 is 1.35. The summed E-state index contributed by atoms with van der Waals surface area (Å²) >= 11 is 1.81. The highest BCUT2D eigenvalue weighted by Gasteiger charge is 2.20. The van der Waals surface area contributed by atoms with E-state index >= 15 is 0 Å². The number of fused-ring (bicyclic) bond motifs is 1. The summed E-state index contributed by atoms with van der Waals surface area (Å²) in [5, 5.41) is 3.51. The fraction of sp³-hybridized carbons (Fsp3) is 0.375. The summed E-state index contributed by atoms with van der Waals surface area (Å²) in [6.07, 6.45) is 6.11. The lowest BCUT2D eigenvalue weighted by Crippen LogP contribution is -2.28. The predicted molar refractivity (Wildman–Crippen MR) is 153 cm³/mol. The van der Waals surface area contributed by atoms with E-state index in [0.29, 0.717) is 6.04 Å². The van der Waals surface area contributed by atoms with Gasteiger partial charge >= 0.3 is 0 Å². The molecule has 0 bridgehead atoms. The molecule has 1 unspecified atom stereocenters. The fourth-order valence-electron chi connectivity index (χ4n) is 5.00. The summed E-state index contributed by atoms with van der Waals surface area (Å²) in [5.74, 6) is 0. The van der Waals surface area contributed by atoms with Crippen molar-refractivity contribution in [3.8, 4) is 11.1 Å². The van der Waals surface area contributed by atoms with E-state index in [1.54, 1.807) is 0 Å². The molecule has 0 spiro atoms. The van der Waals surface area contributed by atoms with Crippen LogP contribution in [0.15, 0.2) is 78.2 Å². The Hall–Kier alpha value is -2.58. The average molecular weight is 470 g/mol. The molecule has 1 nitrogen and oxygen atoms in total. The Morgan fingerprint density at radius 2 is 1.44 bits per heavy atom. The van der Waals surface area contributed by atoms with Crippen molar-refractivity contribution in [2.24, 2.45) is 0 Å². The number of rotatable bonds is 10. The van der Waals surface area contributed by atoms with Crippen molar-refractivity contribution in [2.75, 3.05) is 4.90 Å². The molecule has 0 amide bonds. The van der Waals surface area contributed by atoms with Gasteiger partial charge in [-0.3, -0.25) is 0 Å². The fourth-order valence-corrected chi connectivity index (χ4v) is 5.77. The standard InChI is InChI=1S/C32H39NS/c1-6-8-21-32(4,5)28-14-10-25(11-15-28)26-12-16-29(17-13-26)33(24(3)9-7-2)30-18-19-31-27(23-30)20-22-34-31/h10-20,22-24H,6-9,21H2,1-5H3. The van der Waals surface area contributed by atoms with E-state index in [1.807, 2.05) is 11.3 Å². The first kappa shape index (κ1) is 24.5. The van der Waals surface area contributed by atoms with Gasteiger partial charge in [0.2, 0.25) is 0 Å². The van der Waals surface area contributed by atoms with Gasteiger partial charge in [0.05, 0.1) is 0 Å². The van der Waals surface area contributed by atoms with Gasteiger partial charge in [0.1, 0.15) is 0 Å². The normalized spacial score (nSPS) is 12.7. The number of hydrogen-bond donors (Lipinski definition) is 0. The molecule has 0 aliphatic carbocycles. The number of hydrogen-bond acceptors (Lipinski definition) is 2. The lowest BCUT2D eigenvalue weighted by molar-refractivity contribution is 0.458. The Balaban J connectivity index is 1.60. The van der Waals surface area contributed by atoms with E-state index in [9.17, 15) is 0 Å². The highest BCUT2D eigenvalue weighted by atomic mass is 32.1. The zero-order chi connectivity index (χ0) is 24.1. The maximum absolute atomic E-state index is 2.50. The molecule has 0 saturated carbocycles. The van der Waals surface area contributed by atoms with Gasteiger partial charge in [0, 0.05) is 22.1 Å². The minimum Gasteiger partial charge on any atom is -0.339 e. The molecule has 3 aromatic carbocycles. The Labute approximate surface area is 210 Å². The minimum atomic E-state index is 0.234. The van der Waals surface area contributed by atoms with Crippen LogP contribution in [0.4, 0.5) is 11.4 Å². The topological polar surface area (TPSA) is 3.24 Å². The monoisotopic (exact) mass is 469 g/mol. The molecule has 1 atom stereocenters. The van der Waals surface area contributed by atoms with Crippen molar-refractivity contribution in [3.63, 3.8) is 0 Å². The van der Waals surface area contributed by atoms with Crippen LogP contribution in [0.3, 0.4) is 0 Å². The maximum atomic E-state index is 2.50. The summed E-state index contributed by atoms with van der Waals surface area (Å²) in [5.41, 5.74) is 6.77. The molecule has 0 N–H and O–H groups in total. The summed E-state index contributed by atoms with van der Waals surface area (Å²) in [4.78, 5) is 2.50. The van der Waals surface area contributed by atoms with Crippen LogP contribution in [0, 0.1) is 0 Å². The first-order chi connectivity index (χ1) is 16.4. The zero-order valence-corrected chi connectivity index (χ0v) is 22.3. The van der Waals surface area contributed by atoms with Crippen LogP contribution in [0.1, 0.15) is 72.3 Å². The van der Waals surface area contributed by atoms with Crippen molar-refractivity contribution in [1.29, 1.82) is 0 Å². The molecule has 1 heterocycles. The molecule has 34 heavy (non-hydrogen) atoms. The molecule has 2 heteroatoms. The third-order valence-electron chi connectivity index (χ3n) is 7.16. The number of unbranched alkanes of at least 4 members (excludes halogenated alkanes) is 1. The highest BCUT2D eigenvalue weighted by molar-refractivity contribution is 7.17. The van der Waals surface area contributed by atoms with Crippen LogP contribution in [0.2, 0.25) is 0 Å². The van der Waals surface area contributed by atoms with Crippen LogP contribution in [-0.4, -0.2) is 6.04 Å². The van der Waals surface area contributed by atoms with Crippen molar-refractivity contribution < 1.29 is 0 Å². The van der Waals surface area contributed by atoms with Crippen LogP contribution in [0.25, 0.3) is 21.2 Å². The molecule has 0 saturated heterocycles. The van der Waals surface area contributed by atoms with Crippen LogP contribution in [-0.2, 0) is 5.41 Å². The third kappa shape index (κ3) is 5.39. The van der Waals surface area contributed by atoms with Crippen molar-refractivity contribution in [1.82, 2.24) is 0 Å². The van der Waals surface area contributed by atoms with Crippen LogP contribution >= 0.6 is 11.3 Å². The molecule has 0 aliphatic heterocycles. The minimum absolute atomic E-state index is 0.234. The second-order valence-corrected chi connectivity index (χ2v) is 11.2. The lowest BCUT2D eigenvalue weighted by Gasteiger charge is -2.32. The van der Waals surface area contributed by atoms with Gasteiger partial charge in [-0.2, -0.15) is 0 Å². The van der Waals surface area contributed by atoms with Crippen molar-refractivity contribution in [2.45, 2.75) is 78.2 Å². The van der Waals surface area contributed by atoms with Crippen LogP contribution in [0.5, 0.6) is 0 Å². The SMILES string of the molecule is CCCCC(C)(C)c1ccc(-c2ccc(N(c3ccc4sccc4c3)C(C)CCC)cc2)cc1. The van der Waals surface area contributed by atoms with E-state index in [4.69, 9.17) is 0 Å². The molecular formula is C32H39NS. The van der Waals surface area contributed by atoms with E-state index < -0.39 is 0 Å². The van der Waals surface area contributed by atoms with Gasteiger partial charge in [-0.1, -0.05) is 83.4 Å². The van der Waals surface area contributed by atoms with Crippen molar-refractivity contribution >= 4 is 32.8 Å². The maximum Gasteiger partial charge on any atom is 0.0420 e. The summed E-state index contributed by atoms with van der Waals surface area (Å²) in [7, 11) is 0. The Kier molecular flexibility index (Phi) is 7.78.